The van der Waals surface area contributed by atoms with Crippen LogP contribution < -0.4 is 10.1 Å². The average Bonchev–Trinajstić information content (AvgIpc) is 2.32. The highest BCUT2D eigenvalue weighted by molar-refractivity contribution is 5.33. The molecule has 0 fully saturated rings. The molecule has 0 aromatic heterocycles. The Bertz CT molecular complexity index is 355. The first-order valence-electron chi connectivity index (χ1n) is 5.56. The molecule has 0 aliphatic rings. The lowest BCUT2D eigenvalue weighted by Crippen LogP contribution is -2.25. The highest BCUT2D eigenvalue weighted by Crippen LogP contribution is 2.17. The summed E-state index contributed by atoms with van der Waals surface area (Å²) >= 11 is 0. The van der Waals surface area contributed by atoms with Gasteiger partial charge in [0, 0.05) is 6.54 Å². The molecule has 0 amide bonds. The Morgan fingerprint density at radius 1 is 1.17 bits per heavy atom. The Morgan fingerprint density at radius 3 is 2.56 bits per heavy atom. The van der Waals surface area contributed by atoms with E-state index in [9.17, 15) is 13.2 Å². The Hall–Kier alpha value is -1.27. The van der Waals surface area contributed by atoms with Crippen molar-refractivity contribution in [2.45, 2.75) is 12.8 Å². The smallest absolute Gasteiger partial charge is 0.496 e. The molecule has 0 bridgehead atoms. The minimum absolute atomic E-state index is 0.161. The lowest BCUT2D eigenvalue weighted by Gasteiger charge is -2.10. The Labute approximate surface area is 104 Å². The molecule has 0 atom stereocenters. The molecule has 102 valence electrons. The third-order valence-electron chi connectivity index (χ3n) is 2.31. The number of halogens is 3. The second kappa shape index (κ2) is 7.23. The van der Waals surface area contributed by atoms with Crippen LogP contribution in [0.5, 0.6) is 5.75 Å². The minimum atomic E-state index is -4.55. The molecule has 0 unspecified atom stereocenters. The number of hydrogen-bond acceptors (Lipinski definition) is 3. The Kier molecular flexibility index (Phi) is 5.94. The molecule has 6 heteroatoms. The SMILES string of the molecule is COc1ccccc1CCNCCOC(F)(F)F. The van der Waals surface area contributed by atoms with E-state index in [1.165, 1.54) is 0 Å². The molecule has 0 spiro atoms. The van der Waals surface area contributed by atoms with Crippen molar-refractivity contribution in [1.82, 2.24) is 5.32 Å². The lowest BCUT2D eigenvalue weighted by molar-refractivity contribution is -0.323. The second-order valence-electron chi connectivity index (χ2n) is 3.61. The predicted molar refractivity (Wildman–Crippen MR) is 61.6 cm³/mol. The Balaban J connectivity index is 2.18. The lowest BCUT2D eigenvalue weighted by atomic mass is 10.1. The van der Waals surface area contributed by atoms with E-state index in [0.29, 0.717) is 13.0 Å². The van der Waals surface area contributed by atoms with Crippen molar-refractivity contribution in [3.8, 4) is 5.75 Å². The molecule has 1 aromatic carbocycles. The first-order valence-corrected chi connectivity index (χ1v) is 5.56. The number of alkyl halides is 3. The average molecular weight is 263 g/mol. The van der Waals surface area contributed by atoms with Gasteiger partial charge in [0.05, 0.1) is 13.7 Å². The first-order chi connectivity index (χ1) is 8.53. The van der Waals surface area contributed by atoms with Crippen molar-refractivity contribution in [3.05, 3.63) is 29.8 Å². The number of rotatable bonds is 7. The van der Waals surface area contributed by atoms with E-state index in [0.717, 1.165) is 11.3 Å². The molecule has 18 heavy (non-hydrogen) atoms. The fourth-order valence-corrected chi connectivity index (χ4v) is 1.50. The maximum atomic E-state index is 11.7. The van der Waals surface area contributed by atoms with E-state index >= 15 is 0 Å². The fraction of sp³-hybridized carbons (Fsp3) is 0.500. The van der Waals surface area contributed by atoms with Gasteiger partial charge in [0.2, 0.25) is 0 Å². The predicted octanol–water partition coefficient (Wildman–Crippen LogP) is 2.36. The summed E-state index contributed by atoms with van der Waals surface area (Å²) in [7, 11) is 1.59. The standard InChI is InChI=1S/C12H16F3NO2/c1-17-11-5-3-2-4-10(11)6-7-16-8-9-18-12(13,14)15/h2-5,16H,6-9H2,1H3. The summed E-state index contributed by atoms with van der Waals surface area (Å²) in [6, 6.07) is 7.53. The number of ether oxygens (including phenoxy) is 2. The maximum absolute atomic E-state index is 11.7. The van der Waals surface area contributed by atoms with E-state index in [1.54, 1.807) is 7.11 Å². The summed E-state index contributed by atoms with van der Waals surface area (Å²) in [5, 5.41) is 2.88. The number of hydrogen-bond donors (Lipinski definition) is 1. The third kappa shape index (κ3) is 5.88. The zero-order chi connectivity index (χ0) is 13.4. The van der Waals surface area contributed by atoms with Gasteiger partial charge in [-0.15, -0.1) is 13.2 Å². The fourth-order valence-electron chi connectivity index (χ4n) is 1.50. The van der Waals surface area contributed by atoms with E-state index in [2.05, 4.69) is 10.1 Å². The van der Waals surface area contributed by atoms with Crippen LogP contribution in [0, 0.1) is 0 Å². The van der Waals surface area contributed by atoms with Crippen LogP contribution in [-0.2, 0) is 11.2 Å². The largest absolute Gasteiger partial charge is 0.522 e. The van der Waals surface area contributed by atoms with Gasteiger partial charge >= 0.3 is 6.36 Å². The monoisotopic (exact) mass is 263 g/mol. The van der Waals surface area contributed by atoms with E-state index in [4.69, 9.17) is 4.74 Å². The van der Waals surface area contributed by atoms with Gasteiger partial charge in [-0.3, -0.25) is 4.74 Å². The van der Waals surface area contributed by atoms with Crippen LogP contribution in [0.1, 0.15) is 5.56 Å². The van der Waals surface area contributed by atoms with E-state index in [-0.39, 0.29) is 13.2 Å². The summed E-state index contributed by atoms with van der Waals surface area (Å²) in [4.78, 5) is 0. The highest BCUT2D eigenvalue weighted by atomic mass is 19.4. The van der Waals surface area contributed by atoms with E-state index < -0.39 is 6.36 Å². The van der Waals surface area contributed by atoms with Gasteiger partial charge in [-0.05, 0) is 24.6 Å². The van der Waals surface area contributed by atoms with Gasteiger partial charge in [-0.25, -0.2) is 0 Å². The molecule has 0 saturated carbocycles. The molecular formula is C12H16F3NO2. The minimum Gasteiger partial charge on any atom is -0.496 e. The molecule has 0 aliphatic heterocycles. The molecule has 1 N–H and O–H groups in total. The number of benzene rings is 1. The van der Waals surface area contributed by atoms with Crippen molar-refractivity contribution in [2.75, 3.05) is 26.8 Å². The molecule has 0 heterocycles. The van der Waals surface area contributed by atoms with Crippen LogP contribution in [0.2, 0.25) is 0 Å². The van der Waals surface area contributed by atoms with Crippen LogP contribution >= 0.6 is 0 Å². The van der Waals surface area contributed by atoms with Crippen molar-refractivity contribution in [1.29, 1.82) is 0 Å². The molecule has 3 nitrogen and oxygen atoms in total. The quantitative estimate of drug-likeness (QED) is 0.766. The molecule has 0 radical (unpaired) electrons. The summed E-state index contributed by atoms with van der Waals surface area (Å²) in [6.07, 6.45) is -3.86. The van der Waals surface area contributed by atoms with Crippen LogP contribution in [0.3, 0.4) is 0 Å². The van der Waals surface area contributed by atoms with Crippen molar-refractivity contribution < 1.29 is 22.6 Å². The van der Waals surface area contributed by atoms with Gasteiger partial charge in [0.15, 0.2) is 0 Å². The molecule has 1 rings (SSSR count). The number of para-hydroxylation sites is 1. The zero-order valence-corrected chi connectivity index (χ0v) is 10.1. The number of methoxy groups -OCH3 is 1. The summed E-state index contributed by atoms with van der Waals surface area (Å²) < 4.78 is 43.8. The number of nitrogens with one attached hydrogen (secondary N) is 1. The van der Waals surface area contributed by atoms with Crippen LogP contribution in [0.15, 0.2) is 24.3 Å². The summed E-state index contributed by atoms with van der Waals surface area (Å²) in [5.41, 5.74) is 1.02. The first kappa shape index (κ1) is 14.8. The zero-order valence-electron chi connectivity index (χ0n) is 10.1. The van der Waals surface area contributed by atoms with Gasteiger partial charge in [0.25, 0.3) is 0 Å². The molecular weight excluding hydrogens is 247 g/mol. The van der Waals surface area contributed by atoms with Crippen LogP contribution in [-0.4, -0.2) is 33.2 Å². The van der Waals surface area contributed by atoms with Gasteiger partial charge in [-0.1, -0.05) is 18.2 Å². The van der Waals surface area contributed by atoms with Crippen LogP contribution in [0.4, 0.5) is 13.2 Å². The summed E-state index contributed by atoms with van der Waals surface area (Å²) in [5.74, 6) is 0.783. The topological polar surface area (TPSA) is 30.5 Å². The molecule has 0 aliphatic carbocycles. The van der Waals surface area contributed by atoms with Crippen molar-refractivity contribution in [3.63, 3.8) is 0 Å². The van der Waals surface area contributed by atoms with Gasteiger partial charge in [-0.2, -0.15) is 0 Å². The Morgan fingerprint density at radius 2 is 1.89 bits per heavy atom. The van der Waals surface area contributed by atoms with Crippen molar-refractivity contribution >= 4 is 0 Å². The summed E-state index contributed by atoms with van der Waals surface area (Å²) in [6.45, 7) is 0.353. The van der Waals surface area contributed by atoms with Gasteiger partial charge < -0.3 is 10.1 Å². The van der Waals surface area contributed by atoms with Gasteiger partial charge in [0.1, 0.15) is 5.75 Å². The molecule has 1 aromatic rings. The van der Waals surface area contributed by atoms with E-state index in [1.807, 2.05) is 24.3 Å². The normalized spacial score (nSPS) is 11.6. The maximum Gasteiger partial charge on any atom is 0.522 e. The third-order valence-corrected chi connectivity index (χ3v) is 2.31. The molecule has 0 saturated heterocycles. The van der Waals surface area contributed by atoms with Crippen molar-refractivity contribution in [2.24, 2.45) is 0 Å². The highest BCUT2D eigenvalue weighted by Gasteiger charge is 2.28. The van der Waals surface area contributed by atoms with Crippen LogP contribution in [0.25, 0.3) is 0 Å². The second-order valence-corrected chi connectivity index (χ2v) is 3.61.